The predicted molar refractivity (Wildman–Crippen MR) is 153 cm³/mol. The van der Waals surface area contributed by atoms with Crippen LogP contribution in [0.15, 0.2) is 64.6 Å². The second-order valence-corrected chi connectivity index (χ2v) is 9.64. The highest BCUT2D eigenvalue weighted by Gasteiger charge is 2.34. The number of benzene rings is 3. The minimum atomic E-state index is -0.806. The number of carbonyl (C=O) groups excluding carboxylic acids is 2. The summed E-state index contributed by atoms with van der Waals surface area (Å²) < 4.78 is 11.7. The van der Waals surface area contributed by atoms with Gasteiger partial charge in [-0.15, -0.1) is 0 Å². The van der Waals surface area contributed by atoms with Gasteiger partial charge in [0.05, 0.1) is 32.7 Å². The van der Waals surface area contributed by atoms with Gasteiger partial charge >= 0.3 is 5.69 Å². The number of rotatable bonds is 8. The van der Waals surface area contributed by atoms with Gasteiger partial charge in [0, 0.05) is 11.1 Å². The molecule has 1 aliphatic heterocycles. The molecular weight excluding hydrogens is 632 g/mol. The number of nitrogens with zero attached hydrogens (tertiary/aromatic N) is 3. The van der Waals surface area contributed by atoms with Crippen molar-refractivity contribution in [2.45, 2.75) is 6.92 Å². The molecule has 0 aromatic heterocycles. The third-order valence-electron chi connectivity index (χ3n) is 5.39. The number of hydrogen-bond acceptors (Lipinski definition) is 9. The Morgan fingerprint density at radius 3 is 2.38 bits per heavy atom. The van der Waals surface area contributed by atoms with Crippen LogP contribution in [0.1, 0.15) is 12.5 Å². The molecule has 1 N–H and O–H groups in total. The summed E-state index contributed by atoms with van der Waals surface area (Å²) in [5, 5.41) is 25.5. The zero-order chi connectivity index (χ0) is 29.1. The molecule has 0 bridgehead atoms. The van der Waals surface area contributed by atoms with Crippen molar-refractivity contribution in [1.29, 1.82) is 0 Å². The van der Waals surface area contributed by atoms with Crippen LogP contribution in [0, 0.1) is 20.2 Å². The van der Waals surface area contributed by atoms with Gasteiger partial charge in [-0.25, -0.2) is 0 Å². The third-order valence-corrected chi connectivity index (χ3v) is 6.52. The van der Waals surface area contributed by atoms with Gasteiger partial charge in [0.15, 0.2) is 16.6 Å². The van der Waals surface area contributed by atoms with Crippen LogP contribution in [-0.4, -0.2) is 33.4 Å². The van der Waals surface area contributed by atoms with Crippen molar-refractivity contribution in [2.75, 3.05) is 11.5 Å². The quantitative estimate of drug-likeness (QED) is 0.103. The van der Waals surface area contributed by atoms with Crippen molar-refractivity contribution in [1.82, 2.24) is 5.32 Å². The van der Waals surface area contributed by atoms with Gasteiger partial charge in [0.2, 0.25) is 5.75 Å². The molecule has 1 heterocycles. The molecule has 0 radical (unpaired) electrons. The summed E-state index contributed by atoms with van der Waals surface area (Å²) in [4.78, 5) is 48.2. The molecular formula is C25H16BrClN4O8S. The van der Waals surface area contributed by atoms with E-state index in [1.54, 1.807) is 31.2 Å². The molecule has 0 unspecified atom stereocenters. The van der Waals surface area contributed by atoms with Gasteiger partial charge in [-0.1, -0.05) is 11.6 Å². The Labute approximate surface area is 244 Å². The molecule has 12 nitrogen and oxygen atoms in total. The first-order chi connectivity index (χ1) is 19.0. The number of nitro benzene ring substituents is 2. The molecule has 15 heteroatoms. The maximum atomic E-state index is 13.3. The highest BCUT2D eigenvalue weighted by atomic mass is 79.9. The summed E-state index contributed by atoms with van der Waals surface area (Å²) >= 11 is 14.5. The van der Waals surface area contributed by atoms with Gasteiger partial charge < -0.3 is 9.47 Å². The Balaban J connectivity index is 1.74. The Morgan fingerprint density at radius 2 is 1.75 bits per heavy atom. The summed E-state index contributed by atoms with van der Waals surface area (Å²) in [6.07, 6.45) is 1.33. The van der Waals surface area contributed by atoms with Gasteiger partial charge in [-0.05, 0) is 89.2 Å². The van der Waals surface area contributed by atoms with E-state index < -0.39 is 33.0 Å². The van der Waals surface area contributed by atoms with Crippen molar-refractivity contribution in [3.8, 4) is 17.2 Å². The molecule has 4 rings (SSSR count). The van der Waals surface area contributed by atoms with E-state index in [9.17, 15) is 29.8 Å². The zero-order valence-electron chi connectivity index (χ0n) is 20.3. The first kappa shape index (κ1) is 28.6. The first-order valence-electron chi connectivity index (χ1n) is 11.2. The molecule has 3 aromatic carbocycles. The van der Waals surface area contributed by atoms with Crippen molar-refractivity contribution in [2.24, 2.45) is 0 Å². The summed E-state index contributed by atoms with van der Waals surface area (Å²) in [6.45, 7) is 1.86. The van der Waals surface area contributed by atoms with E-state index in [4.69, 9.17) is 33.3 Å². The first-order valence-corrected chi connectivity index (χ1v) is 12.8. The molecule has 0 atom stereocenters. The van der Waals surface area contributed by atoms with Crippen molar-refractivity contribution in [3.05, 3.63) is 95.5 Å². The Hall–Kier alpha value is -4.40. The number of ether oxygens (including phenoxy) is 2. The lowest BCUT2D eigenvalue weighted by molar-refractivity contribution is -0.394. The maximum absolute atomic E-state index is 13.3. The van der Waals surface area contributed by atoms with Crippen LogP contribution in [-0.2, 0) is 9.59 Å². The Kier molecular flexibility index (Phi) is 8.42. The summed E-state index contributed by atoms with van der Waals surface area (Å²) in [5.41, 5.74) is -0.583. The van der Waals surface area contributed by atoms with Gasteiger partial charge in [-0.2, -0.15) is 0 Å². The fourth-order valence-electron chi connectivity index (χ4n) is 3.64. The number of halogens is 2. The van der Waals surface area contributed by atoms with E-state index in [0.29, 0.717) is 16.3 Å². The van der Waals surface area contributed by atoms with E-state index >= 15 is 0 Å². The smallest absolute Gasteiger partial charge is 0.318 e. The summed E-state index contributed by atoms with van der Waals surface area (Å²) in [5.74, 6) is -1.50. The van der Waals surface area contributed by atoms with E-state index in [1.165, 1.54) is 18.2 Å². The van der Waals surface area contributed by atoms with Crippen LogP contribution >= 0.6 is 39.7 Å². The van der Waals surface area contributed by atoms with E-state index in [1.807, 2.05) is 0 Å². The molecule has 0 saturated carbocycles. The number of nitrogens with one attached hydrogen (secondary N) is 1. The van der Waals surface area contributed by atoms with Gasteiger partial charge in [-0.3, -0.25) is 40.0 Å². The molecule has 1 aliphatic rings. The fourth-order valence-corrected chi connectivity index (χ4v) is 4.59. The third kappa shape index (κ3) is 5.93. The average Bonchev–Trinajstić information content (AvgIpc) is 2.89. The number of nitro groups is 2. The number of thiocarbonyl (C=S) groups is 1. The van der Waals surface area contributed by atoms with Crippen molar-refractivity contribution < 1.29 is 28.9 Å². The summed E-state index contributed by atoms with van der Waals surface area (Å²) in [7, 11) is 0. The predicted octanol–water partition coefficient (Wildman–Crippen LogP) is 5.94. The largest absolute Gasteiger partial charge is 0.490 e. The monoisotopic (exact) mass is 646 g/mol. The van der Waals surface area contributed by atoms with Gasteiger partial charge in [0.25, 0.3) is 17.5 Å². The normalized spacial score (nSPS) is 14.2. The Morgan fingerprint density at radius 1 is 1.05 bits per heavy atom. The topological polar surface area (TPSA) is 154 Å². The molecule has 3 aromatic rings. The lowest BCUT2D eigenvalue weighted by atomic mass is 10.1. The van der Waals surface area contributed by atoms with Crippen molar-refractivity contribution in [3.63, 3.8) is 0 Å². The minimum Gasteiger partial charge on any atom is -0.490 e. The van der Waals surface area contributed by atoms with Gasteiger partial charge in [0.1, 0.15) is 5.57 Å². The molecule has 1 fully saturated rings. The number of amides is 2. The highest BCUT2D eigenvalue weighted by Crippen LogP contribution is 2.43. The molecule has 0 spiro atoms. The molecule has 40 heavy (non-hydrogen) atoms. The van der Waals surface area contributed by atoms with E-state index in [0.717, 1.165) is 23.1 Å². The van der Waals surface area contributed by atoms with Crippen LogP contribution in [0.4, 0.5) is 17.1 Å². The minimum absolute atomic E-state index is 0.0318. The lowest BCUT2D eigenvalue weighted by Gasteiger charge is -2.29. The SMILES string of the molecule is CCOc1cc(/C=C2\C(=O)NC(=S)N(c3ccc(Cl)cc3)C2=O)cc(Br)c1Oc1ccc([N+](=O)[O-])cc1[N+](=O)[O-]. The zero-order valence-corrected chi connectivity index (χ0v) is 23.4. The summed E-state index contributed by atoms with van der Waals surface area (Å²) in [6, 6.07) is 12.2. The number of carbonyl (C=O) groups is 2. The second kappa shape index (κ2) is 11.8. The number of non-ortho nitro benzene ring substituents is 1. The second-order valence-electron chi connectivity index (χ2n) is 7.97. The van der Waals surface area contributed by atoms with E-state index in [2.05, 4.69) is 21.2 Å². The van der Waals surface area contributed by atoms with Crippen LogP contribution in [0.25, 0.3) is 6.08 Å². The van der Waals surface area contributed by atoms with Crippen LogP contribution in [0.3, 0.4) is 0 Å². The molecule has 0 aliphatic carbocycles. The Bertz CT molecular complexity index is 1610. The number of anilines is 1. The van der Waals surface area contributed by atoms with Crippen LogP contribution in [0.2, 0.25) is 5.02 Å². The van der Waals surface area contributed by atoms with Crippen LogP contribution < -0.4 is 19.7 Å². The standard InChI is InChI=1S/C25H16BrClN4O8S/c1-2-38-21-11-13(9-17-23(32)28-25(40)29(24(17)33)15-5-3-14(27)4-6-15)10-18(26)22(21)39-20-8-7-16(30(34)35)12-19(20)31(36)37/h3-12H,2H2,1H3,(H,28,32,40)/b17-9+. The van der Waals surface area contributed by atoms with Crippen molar-refractivity contribution >= 4 is 79.8 Å². The van der Waals surface area contributed by atoms with Crippen LogP contribution in [0.5, 0.6) is 17.2 Å². The highest BCUT2D eigenvalue weighted by molar-refractivity contribution is 9.10. The molecule has 2 amide bonds. The fraction of sp³-hybridized carbons (Fsp3) is 0.0800. The number of hydrogen-bond donors (Lipinski definition) is 1. The molecule has 204 valence electrons. The lowest BCUT2D eigenvalue weighted by Crippen LogP contribution is -2.54. The maximum Gasteiger partial charge on any atom is 0.318 e. The average molecular weight is 648 g/mol. The van der Waals surface area contributed by atoms with E-state index in [-0.39, 0.29) is 39.0 Å². The molecule has 1 saturated heterocycles.